The monoisotopic (exact) mass is 538 g/mol. The summed E-state index contributed by atoms with van der Waals surface area (Å²) in [4.78, 5) is 41.4. The quantitative estimate of drug-likeness (QED) is 0.558. The van der Waals surface area contributed by atoms with Crippen LogP contribution in [0.4, 0.5) is 4.39 Å². The Kier molecular flexibility index (Phi) is 9.56. The van der Waals surface area contributed by atoms with E-state index < -0.39 is 24.0 Å². The summed E-state index contributed by atoms with van der Waals surface area (Å²) in [7, 11) is 1.62. The first-order chi connectivity index (χ1) is 18.7. The Balaban J connectivity index is 1.56. The van der Waals surface area contributed by atoms with Crippen molar-refractivity contribution >= 4 is 17.7 Å². The highest BCUT2D eigenvalue weighted by Gasteiger charge is 2.39. The Morgan fingerprint density at radius 1 is 1.00 bits per heavy atom. The number of aryl methyl sites for hydroxylation is 1. The maximum atomic E-state index is 13.5. The molecule has 1 aliphatic heterocycles. The normalized spacial score (nSPS) is 25.9. The molecule has 1 fully saturated rings. The van der Waals surface area contributed by atoms with E-state index in [-0.39, 0.29) is 36.1 Å². The third-order valence-electron chi connectivity index (χ3n) is 7.50. The Morgan fingerprint density at radius 2 is 1.72 bits per heavy atom. The molecule has 9 heteroatoms. The zero-order chi connectivity index (χ0) is 27.9. The first-order valence-corrected chi connectivity index (χ1v) is 13.8. The lowest BCUT2D eigenvalue weighted by Crippen LogP contribution is -2.57. The average Bonchev–Trinajstić information content (AvgIpc) is 3.76. The van der Waals surface area contributed by atoms with Gasteiger partial charge >= 0.3 is 0 Å². The number of hydrogen-bond donors (Lipinski definition) is 3. The minimum Gasteiger partial charge on any atom is -0.489 e. The third-order valence-corrected chi connectivity index (χ3v) is 7.50. The molecule has 3 N–H and O–H groups in total. The molecule has 3 amide bonds. The molecule has 0 radical (unpaired) electrons. The summed E-state index contributed by atoms with van der Waals surface area (Å²) >= 11 is 0. The molecule has 0 spiro atoms. The summed E-state index contributed by atoms with van der Waals surface area (Å²) in [5, 5.41) is 9.17. The van der Waals surface area contributed by atoms with Crippen molar-refractivity contribution in [2.24, 2.45) is 5.92 Å². The molecule has 39 heavy (non-hydrogen) atoms. The molecule has 210 valence electrons. The fourth-order valence-corrected chi connectivity index (χ4v) is 4.82. The number of rotatable bonds is 3. The summed E-state index contributed by atoms with van der Waals surface area (Å²) in [6.45, 7) is 4.53. The molecular weight excluding hydrogens is 499 g/mol. The number of fused-ring (bicyclic) bond motifs is 1. The summed E-state index contributed by atoms with van der Waals surface area (Å²) in [6.07, 6.45) is 3.33. The van der Waals surface area contributed by atoms with Crippen LogP contribution in [0.25, 0.3) is 0 Å². The van der Waals surface area contributed by atoms with Crippen LogP contribution in [0.15, 0.2) is 48.5 Å². The van der Waals surface area contributed by atoms with Crippen molar-refractivity contribution in [3.05, 3.63) is 65.5 Å². The second-order valence-corrected chi connectivity index (χ2v) is 10.7. The van der Waals surface area contributed by atoms with Crippen LogP contribution in [0, 0.1) is 11.7 Å². The van der Waals surface area contributed by atoms with Gasteiger partial charge in [0.1, 0.15) is 29.8 Å². The van der Waals surface area contributed by atoms with E-state index in [1.54, 1.807) is 26.1 Å². The number of amides is 3. The largest absolute Gasteiger partial charge is 0.489 e. The van der Waals surface area contributed by atoms with E-state index in [0.717, 1.165) is 24.2 Å². The van der Waals surface area contributed by atoms with E-state index in [4.69, 9.17) is 4.74 Å². The average molecular weight is 539 g/mol. The predicted octanol–water partition coefficient (Wildman–Crippen LogP) is 2.60. The van der Waals surface area contributed by atoms with Crippen LogP contribution in [-0.4, -0.2) is 67.0 Å². The molecule has 2 aliphatic rings. The van der Waals surface area contributed by atoms with E-state index >= 15 is 0 Å². The molecule has 1 saturated carbocycles. The van der Waals surface area contributed by atoms with Gasteiger partial charge in [-0.25, -0.2) is 4.39 Å². The number of halogens is 1. The zero-order valence-corrected chi connectivity index (χ0v) is 22.9. The van der Waals surface area contributed by atoms with Crippen molar-refractivity contribution in [3.8, 4) is 5.75 Å². The van der Waals surface area contributed by atoms with E-state index in [2.05, 4.69) is 16.0 Å². The molecule has 2 aromatic carbocycles. The summed E-state index contributed by atoms with van der Waals surface area (Å²) in [6, 6.07) is 11.6. The van der Waals surface area contributed by atoms with Crippen LogP contribution < -0.4 is 20.7 Å². The van der Waals surface area contributed by atoms with Gasteiger partial charge in [0.15, 0.2) is 0 Å². The molecule has 0 aromatic heterocycles. The van der Waals surface area contributed by atoms with Crippen LogP contribution >= 0.6 is 0 Å². The number of carbonyl (C=O) groups excluding carboxylic acids is 3. The Labute approximate surface area is 229 Å². The van der Waals surface area contributed by atoms with Gasteiger partial charge in [0.2, 0.25) is 17.7 Å². The topological polar surface area (TPSA) is 99.8 Å². The third kappa shape index (κ3) is 7.79. The van der Waals surface area contributed by atoms with Gasteiger partial charge in [-0.15, -0.1) is 0 Å². The van der Waals surface area contributed by atoms with Gasteiger partial charge in [0, 0.05) is 26.6 Å². The van der Waals surface area contributed by atoms with Gasteiger partial charge in [-0.2, -0.15) is 0 Å². The van der Waals surface area contributed by atoms with Gasteiger partial charge in [-0.3, -0.25) is 14.4 Å². The van der Waals surface area contributed by atoms with Crippen molar-refractivity contribution in [2.75, 3.05) is 20.1 Å². The summed E-state index contributed by atoms with van der Waals surface area (Å²) in [5.74, 6) is -0.269. The highest BCUT2D eigenvalue weighted by molar-refractivity contribution is 5.93. The standard InChI is InChI=1S/C30H39FN4O4/c1-19-18-33-27(23-12-13-23)30(38)35(3)20(2)28(36)34-25(17-21-10-14-24(31)15-11-21)29(37)32-16-6-8-22-7-4-5-9-26(22)39-19/h4-5,7,9-11,14-15,19-20,23,25,27,33H,6,8,12-13,16-18H2,1-3H3,(H,32,37)(H,34,36)/t19-,20?,25-,27?/m1/s1. The molecule has 1 aliphatic carbocycles. The summed E-state index contributed by atoms with van der Waals surface area (Å²) in [5.41, 5.74) is 1.76. The molecule has 2 aromatic rings. The van der Waals surface area contributed by atoms with Crippen LogP contribution in [0.2, 0.25) is 0 Å². The number of carbonyl (C=O) groups is 3. The van der Waals surface area contributed by atoms with Crippen molar-refractivity contribution in [1.82, 2.24) is 20.9 Å². The minimum atomic E-state index is -0.873. The Morgan fingerprint density at radius 3 is 2.44 bits per heavy atom. The molecule has 2 unspecified atom stereocenters. The lowest BCUT2D eigenvalue weighted by molar-refractivity contribution is -0.141. The lowest BCUT2D eigenvalue weighted by atomic mass is 10.0. The van der Waals surface area contributed by atoms with Crippen molar-refractivity contribution in [2.45, 2.75) is 70.2 Å². The first kappa shape index (κ1) is 28.5. The SMILES string of the molecule is CC1C(=O)N[C@H](Cc2ccc(F)cc2)C(=O)NCCCc2ccccc2O[C@H](C)CNC(C2CC2)C(=O)N1C. The summed E-state index contributed by atoms with van der Waals surface area (Å²) < 4.78 is 19.7. The van der Waals surface area contributed by atoms with Crippen molar-refractivity contribution in [1.29, 1.82) is 0 Å². The number of benzene rings is 2. The van der Waals surface area contributed by atoms with E-state index in [1.165, 1.54) is 17.0 Å². The number of hydrogen-bond acceptors (Lipinski definition) is 5. The molecular formula is C30H39FN4O4. The molecule has 4 rings (SSSR count). The van der Waals surface area contributed by atoms with Gasteiger partial charge in [0.05, 0.1) is 6.04 Å². The van der Waals surface area contributed by atoms with Crippen LogP contribution in [0.3, 0.4) is 0 Å². The molecule has 0 saturated heterocycles. The number of para-hydroxylation sites is 1. The molecule has 4 atom stereocenters. The van der Waals surface area contributed by atoms with Crippen LogP contribution in [0.1, 0.15) is 44.2 Å². The predicted molar refractivity (Wildman–Crippen MR) is 147 cm³/mol. The maximum Gasteiger partial charge on any atom is 0.243 e. The first-order valence-electron chi connectivity index (χ1n) is 13.8. The zero-order valence-electron chi connectivity index (χ0n) is 22.9. The van der Waals surface area contributed by atoms with Crippen molar-refractivity contribution < 1.29 is 23.5 Å². The van der Waals surface area contributed by atoms with Gasteiger partial charge in [-0.1, -0.05) is 30.3 Å². The molecule has 8 nitrogen and oxygen atoms in total. The number of likely N-dealkylation sites (N-methyl/N-ethyl adjacent to an activating group) is 1. The fraction of sp³-hybridized carbons (Fsp3) is 0.500. The van der Waals surface area contributed by atoms with Gasteiger partial charge in [-0.05, 0) is 74.8 Å². The van der Waals surface area contributed by atoms with E-state index in [9.17, 15) is 18.8 Å². The smallest absolute Gasteiger partial charge is 0.243 e. The molecule has 0 bridgehead atoms. The second-order valence-electron chi connectivity index (χ2n) is 10.7. The number of nitrogens with one attached hydrogen (secondary N) is 3. The lowest BCUT2D eigenvalue weighted by Gasteiger charge is -2.31. The molecule has 1 heterocycles. The van der Waals surface area contributed by atoms with Crippen LogP contribution in [-0.2, 0) is 27.2 Å². The highest BCUT2D eigenvalue weighted by Crippen LogP contribution is 2.33. The van der Waals surface area contributed by atoms with Gasteiger partial charge in [0.25, 0.3) is 0 Å². The Hall–Kier alpha value is -3.46. The maximum absolute atomic E-state index is 13.5. The second kappa shape index (κ2) is 13.1. The number of ether oxygens (including phenoxy) is 1. The number of nitrogens with zero attached hydrogens (tertiary/aromatic N) is 1. The van der Waals surface area contributed by atoms with Crippen molar-refractivity contribution in [3.63, 3.8) is 0 Å². The van der Waals surface area contributed by atoms with Gasteiger partial charge < -0.3 is 25.6 Å². The van der Waals surface area contributed by atoms with E-state index in [0.29, 0.717) is 31.5 Å². The minimum absolute atomic E-state index is 0.159. The van der Waals surface area contributed by atoms with Crippen LogP contribution in [0.5, 0.6) is 5.75 Å². The van der Waals surface area contributed by atoms with E-state index in [1.807, 2.05) is 31.2 Å². The highest BCUT2D eigenvalue weighted by atomic mass is 19.1. The fourth-order valence-electron chi connectivity index (χ4n) is 4.82. The Bertz CT molecular complexity index is 1150.